The van der Waals surface area contributed by atoms with Gasteiger partial charge >= 0.3 is 0 Å². The number of nitrogens with one attached hydrogen (secondary N) is 1. The number of hydrogen-bond donors (Lipinski definition) is 1. The van der Waals surface area contributed by atoms with E-state index in [0.717, 1.165) is 28.6 Å². The van der Waals surface area contributed by atoms with Gasteiger partial charge in [-0.05, 0) is 42.0 Å². The first kappa shape index (κ1) is 12.5. The number of benzene rings is 2. The highest BCUT2D eigenvalue weighted by molar-refractivity contribution is 6.31. The van der Waals surface area contributed by atoms with Gasteiger partial charge in [0.2, 0.25) is 5.78 Å². The van der Waals surface area contributed by atoms with Crippen molar-refractivity contribution in [3.63, 3.8) is 0 Å². The number of fused-ring (bicyclic) bond motifs is 2. The van der Waals surface area contributed by atoms with Crippen molar-refractivity contribution in [3.05, 3.63) is 64.3 Å². The summed E-state index contributed by atoms with van der Waals surface area (Å²) in [6.07, 6.45) is 0.860. The van der Waals surface area contributed by atoms with Crippen molar-refractivity contribution in [1.82, 2.24) is 4.98 Å². The minimum atomic E-state index is -0.0166. The molecule has 0 saturated heterocycles. The Balaban J connectivity index is 1.75. The third-order valence-electron chi connectivity index (χ3n) is 3.78. The molecule has 2 heterocycles. The zero-order valence-corrected chi connectivity index (χ0v) is 11.9. The zero-order valence-electron chi connectivity index (χ0n) is 11.2. The molecule has 4 heteroatoms. The maximum atomic E-state index is 12.6. The van der Waals surface area contributed by atoms with Gasteiger partial charge in [0.15, 0.2) is 0 Å². The first-order valence-electron chi connectivity index (χ1n) is 6.79. The topological polar surface area (TPSA) is 42.1 Å². The Morgan fingerprint density at radius 1 is 1.14 bits per heavy atom. The van der Waals surface area contributed by atoms with E-state index in [1.165, 1.54) is 0 Å². The monoisotopic (exact) mass is 297 g/mol. The number of H-pyrrole nitrogens is 1. The molecule has 4 rings (SSSR count). The van der Waals surface area contributed by atoms with Gasteiger partial charge in [-0.2, -0.15) is 0 Å². The Labute approximate surface area is 126 Å². The number of hydrogen-bond acceptors (Lipinski definition) is 2. The van der Waals surface area contributed by atoms with Crippen LogP contribution in [0.3, 0.4) is 0 Å². The first-order chi connectivity index (χ1) is 10.2. The molecule has 3 nitrogen and oxygen atoms in total. The lowest BCUT2D eigenvalue weighted by atomic mass is 10.0. The Hall–Kier alpha value is -2.26. The summed E-state index contributed by atoms with van der Waals surface area (Å²) in [6.45, 7) is 0.692. The Morgan fingerprint density at radius 2 is 2.05 bits per heavy atom. The van der Waals surface area contributed by atoms with Gasteiger partial charge < -0.3 is 9.72 Å². The van der Waals surface area contributed by atoms with Crippen LogP contribution in [0, 0.1) is 0 Å². The van der Waals surface area contributed by atoms with Gasteiger partial charge in [0.25, 0.3) is 0 Å². The molecule has 1 N–H and O–H groups in total. The van der Waals surface area contributed by atoms with E-state index < -0.39 is 0 Å². The highest BCUT2D eigenvalue weighted by Crippen LogP contribution is 2.27. The predicted octanol–water partition coefficient (Wildman–Crippen LogP) is 3.99. The zero-order chi connectivity index (χ0) is 14.4. The van der Waals surface area contributed by atoms with Crippen molar-refractivity contribution in [2.45, 2.75) is 6.42 Å². The van der Waals surface area contributed by atoms with Crippen LogP contribution in [-0.4, -0.2) is 17.4 Å². The Bertz CT molecular complexity index is 866. The molecule has 1 aliphatic heterocycles. The number of ketones is 1. The van der Waals surface area contributed by atoms with Crippen molar-refractivity contribution >= 4 is 28.3 Å². The van der Waals surface area contributed by atoms with Gasteiger partial charge in [0.05, 0.1) is 12.3 Å². The molecule has 0 saturated carbocycles. The molecule has 0 fully saturated rings. The third-order valence-corrected chi connectivity index (χ3v) is 4.02. The molecule has 1 aliphatic rings. The summed E-state index contributed by atoms with van der Waals surface area (Å²) < 4.78 is 5.47. The van der Waals surface area contributed by atoms with Crippen LogP contribution >= 0.6 is 11.6 Å². The minimum absolute atomic E-state index is 0.0166. The van der Waals surface area contributed by atoms with Crippen molar-refractivity contribution < 1.29 is 9.53 Å². The van der Waals surface area contributed by atoms with Crippen molar-refractivity contribution in [2.24, 2.45) is 0 Å². The van der Waals surface area contributed by atoms with Crippen LogP contribution in [0.15, 0.2) is 42.5 Å². The molecule has 0 radical (unpaired) electrons. The number of aromatic nitrogens is 1. The second-order valence-corrected chi connectivity index (χ2v) is 5.60. The van der Waals surface area contributed by atoms with Crippen LogP contribution in [0.2, 0.25) is 5.02 Å². The molecule has 21 heavy (non-hydrogen) atoms. The largest absolute Gasteiger partial charge is 0.493 e. The fraction of sp³-hybridized carbons (Fsp3) is 0.118. The molecule has 3 aromatic rings. The van der Waals surface area contributed by atoms with Gasteiger partial charge in [-0.25, -0.2) is 0 Å². The summed E-state index contributed by atoms with van der Waals surface area (Å²) in [5, 5.41) is 1.63. The van der Waals surface area contributed by atoms with Gasteiger partial charge in [-0.3, -0.25) is 4.79 Å². The summed E-state index contributed by atoms with van der Waals surface area (Å²) in [6, 6.07) is 13.0. The Kier molecular flexibility index (Phi) is 2.76. The summed E-state index contributed by atoms with van der Waals surface area (Å²) >= 11 is 5.97. The van der Waals surface area contributed by atoms with Crippen molar-refractivity contribution in [1.29, 1.82) is 0 Å². The Morgan fingerprint density at radius 3 is 2.95 bits per heavy atom. The van der Waals surface area contributed by atoms with Crippen LogP contribution in [-0.2, 0) is 6.42 Å². The van der Waals surface area contributed by atoms with E-state index in [1.807, 2.05) is 42.5 Å². The normalized spacial score (nSPS) is 13.2. The molecule has 104 valence electrons. The number of carbonyl (C=O) groups excluding carboxylic acids is 1. The van der Waals surface area contributed by atoms with E-state index in [2.05, 4.69) is 4.98 Å². The van der Waals surface area contributed by atoms with Crippen LogP contribution in [0.25, 0.3) is 10.9 Å². The maximum absolute atomic E-state index is 12.6. The quantitative estimate of drug-likeness (QED) is 0.727. The van der Waals surface area contributed by atoms with E-state index in [1.54, 1.807) is 0 Å². The van der Waals surface area contributed by atoms with E-state index in [-0.39, 0.29) is 5.78 Å². The number of ether oxygens (including phenoxy) is 1. The van der Waals surface area contributed by atoms with E-state index in [9.17, 15) is 4.79 Å². The molecule has 0 unspecified atom stereocenters. The molecule has 0 atom stereocenters. The first-order valence-corrected chi connectivity index (χ1v) is 7.17. The third kappa shape index (κ3) is 2.10. The average Bonchev–Trinajstić information content (AvgIpc) is 3.11. The lowest BCUT2D eigenvalue weighted by Crippen LogP contribution is -2.01. The predicted molar refractivity (Wildman–Crippen MR) is 82.4 cm³/mol. The summed E-state index contributed by atoms with van der Waals surface area (Å²) in [5.74, 6) is 0.868. The number of rotatable bonds is 2. The van der Waals surface area contributed by atoms with Gasteiger partial charge in [0, 0.05) is 27.9 Å². The molecular weight excluding hydrogens is 286 g/mol. The smallest absolute Gasteiger partial charge is 0.209 e. The standard InChI is InChI=1S/C17H12ClNO2/c18-13-3-1-10-8-15(19-14(10)9-13)17(20)12-2-4-16-11(7-12)5-6-21-16/h1-4,7-9,19H,5-6H2. The lowest BCUT2D eigenvalue weighted by molar-refractivity contribution is 0.103. The number of aromatic amines is 1. The second-order valence-electron chi connectivity index (χ2n) is 5.16. The molecule has 0 spiro atoms. The number of halogens is 1. The van der Waals surface area contributed by atoms with Crippen LogP contribution in [0.5, 0.6) is 5.75 Å². The summed E-state index contributed by atoms with van der Waals surface area (Å²) in [4.78, 5) is 15.7. The summed E-state index contributed by atoms with van der Waals surface area (Å²) in [7, 11) is 0. The minimum Gasteiger partial charge on any atom is -0.493 e. The van der Waals surface area contributed by atoms with Crippen LogP contribution < -0.4 is 4.74 Å². The molecular formula is C17H12ClNO2. The maximum Gasteiger partial charge on any atom is 0.209 e. The molecule has 0 bridgehead atoms. The average molecular weight is 298 g/mol. The molecule has 2 aromatic carbocycles. The van der Waals surface area contributed by atoms with Crippen molar-refractivity contribution in [3.8, 4) is 5.75 Å². The van der Waals surface area contributed by atoms with Crippen molar-refractivity contribution in [2.75, 3.05) is 6.61 Å². The van der Waals surface area contributed by atoms with Gasteiger partial charge in [0.1, 0.15) is 5.75 Å². The van der Waals surface area contributed by atoms with Gasteiger partial charge in [-0.1, -0.05) is 17.7 Å². The number of carbonyl (C=O) groups is 1. The van der Waals surface area contributed by atoms with Gasteiger partial charge in [-0.15, -0.1) is 0 Å². The fourth-order valence-corrected chi connectivity index (χ4v) is 2.88. The SMILES string of the molecule is O=C(c1ccc2c(c1)CCO2)c1cc2ccc(Cl)cc2[nH]1. The highest BCUT2D eigenvalue weighted by Gasteiger charge is 2.17. The van der Waals surface area contributed by atoms with Crippen LogP contribution in [0.4, 0.5) is 0 Å². The molecule has 0 aliphatic carbocycles. The fourth-order valence-electron chi connectivity index (χ4n) is 2.70. The molecule has 1 aromatic heterocycles. The lowest BCUT2D eigenvalue weighted by Gasteiger charge is -2.02. The highest BCUT2D eigenvalue weighted by atomic mass is 35.5. The second kappa shape index (κ2) is 4.64. The van der Waals surface area contributed by atoms with E-state index >= 15 is 0 Å². The summed E-state index contributed by atoms with van der Waals surface area (Å²) in [5.41, 5.74) is 3.22. The molecule has 0 amide bonds. The van der Waals surface area contributed by atoms with E-state index in [4.69, 9.17) is 16.3 Å². The van der Waals surface area contributed by atoms with E-state index in [0.29, 0.717) is 22.9 Å². The van der Waals surface area contributed by atoms with Crippen LogP contribution in [0.1, 0.15) is 21.6 Å².